The third-order valence-electron chi connectivity index (χ3n) is 2.85. The van der Waals surface area contributed by atoms with Crippen LogP contribution in [-0.2, 0) is 4.79 Å². The van der Waals surface area contributed by atoms with E-state index >= 15 is 0 Å². The van der Waals surface area contributed by atoms with Crippen molar-refractivity contribution in [3.05, 3.63) is 39.5 Å². The predicted molar refractivity (Wildman–Crippen MR) is 90.5 cm³/mol. The molecule has 1 heterocycles. The van der Waals surface area contributed by atoms with Crippen molar-refractivity contribution in [3.8, 4) is 5.75 Å². The van der Waals surface area contributed by atoms with Crippen molar-refractivity contribution in [2.75, 3.05) is 26.2 Å². The number of carbonyl (C=O) groups excluding carboxylic acids is 1. The first-order valence-electron chi connectivity index (χ1n) is 6.28. The van der Waals surface area contributed by atoms with E-state index in [1.54, 1.807) is 0 Å². The maximum absolute atomic E-state index is 11.6. The second-order valence-corrected chi connectivity index (χ2v) is 5.58. The summed E-state index contributed by atoms with van der Waals surface area (Å²) in [6.07, 6.45) is 3.13. The summed E-state index contributed by atoms with van der Waals surface area (Å²) in [6.45, 7) is 2.56. The molecule has 0 bridgehead atoms. The van der Waals surface area contributed by atoms with Crippen LogP contribution in [0.2, 0.25) is 0 Å². The number of amides is 1. The van der Waals surface area contributed by atoms with E-state index in [9.17, 15) is 4.79 Å². The maximum Gasteiger partial charge on any atom is 0.258 e. The molecule has 110 valence electrons. The van der Waals surface area contributed by atoms with E-state index in [-0.39, 0.29) is 24.9 Å². The molecular weight excluding hydrogens is 391 g/mol. The number of hydrogen-bond donors (Lipinski definition) is 2. The Morgan fingerprint density at radius 2 is 2.10 bits per heavy atom. The number of benzene rings is 1. The Morgan fingerprint density at radius 1 is 1.35 bits per heavy atom. The van der Waals surface area contributed by atoms with Crippen LogP contribution >= 0.6 is 35.0 Å². The first-order chi connectivity index (χ1) is 9.24. The molecule has 1 aromatic rings. The summed E-state index contributed by atoms with van der Waals surface area (Å²) >= 11 is 2.23. The number of hydrogen-bond acceptors (Lipinski definition) is 3. The Hall–Kier alpha value is -0.790. The minimum atomic E-state index is -0.0852. The number of ether oxygens (including phenoxy) is 1. The minimum Gasteiger partial charge on any atom is -0.484 e. The zero-order chi connectivity index (χ0) is 13.5. The van der Waals surface area contributed by atoms with Gasteiger partial charge in [-0.15, -0.1) is 12.4 Å². The summed E-state index contributed by atoms with van der Waals surface area (Å²) in [4.78, 5) is 11.6. The molecule has 4 nitrogen and oxygen atoms in total. The van der Waals surface area contributed by atoms with Crippen molar-refractivity contribution >= 4 is 40.9 Å². The van der Waals surface area contributed by atoms with Gasteiger partial charge in [0.05, 0.1) is 0 Å². The van der Waals surface area contributed by atoms with Crippen molar-refractivity contribution < 1.29 is 9.53 Å². The van der Waals surface area contributed by atoms with E-state index in [1.807, 2.05) is 24.3 Å². The third kappa shape index (κ3) is 6.11. The fourth-order valence-corrected chi connectivity index (χ4v) is 2.13. The van der Waals surface area contributed by atoms with Gasteiger partial charge in [-0.1, -0.05) is 11.6 Å². The van der Waals surface area contributed by atoms with Gasteiger partial charge >= 0.3 is 0 Å². The van der Waals surface area contributed by atoms with Gasteiger partial charge in [-0.2, -0.15) is 0 Å². The van der Waals surface area contributed by atoms with Crippen LogP contribution in [0.25, 0.3) is 0 Å². The van der Waals surface area contributed by atoms with Crippen molar-refractivity contribution in [1.29, 1.82) is 0 Å². The van der Waals surface area contributed by atoms with Gasteiger partial charge in [0.1, 0.15) is 5.75 Å². The lowest BCUT2D eigenvalue weighted by molar-refractivity contribution is -0.122. The Morgan fingerprint density at radius 3 is 2.75 bits per heavy atom. The molecule has 0 aliphatic carbocycles. The van der Waals surface area contributed by atoms with Crippen LogP contribution in [0.5, 0.6) is 5.75 Å². The highest BCUT2D eigenvalue weighted by atomic mass is 127. The Labute approximate surface area is 138 Å². The molecule has 20 heavy (non-hydrogen) atoms. The topological polar surface area (TPSA) is 50.4 Å². The SMILES string of the molecule is Cl.O=C(COc1ccc(I)cc1)NCC1=CCNCC1. The minimum absolute atomic E-state index is 0. The molecule has 1 amide bonds. The van der Waals surface area contributed by atoms with Gasteiger partial charge in [0, 0.05) is 16.7 Å². The second-order valence-electron chi connectivity index (χ2n) is 4.34. The van der Waals surface area contributed by atoms with Crippen molar-refractivity contribution in [3.63, 3.8) is 0 Å². The van der Waals surface area contributed by atoms with Gasteiger partial charge < -0.3 is 15.4 Å². The summed E-state index contributed by atoms with van der Waals surface area (Å²) in [5.41, 5.74) is 1.28. The van der Waals surface area contributed by atoms with E-state index in [0.29, 0.717) is 6.54 Å². The molecule has 1 aromatic carbocycles. The molecule has 0 radical (unpaired) electrons. The average Bonchev–Trinajstić information content (AvgIpc) is 2.45. The molecule has 0 spiro atoms. The van der Waals surface area contributed by atoms with Gasteiger partial charge in [-0.05, 0) is 59.8 Å². The molecule has 1 aliphatic heterocycles. The highest BCUT2D eigenvalue weighted by Gasteiger charge is 2.06. The molecule has 1 aliphatic rings. The van der Waals surface area contributed by atoms with E-state index in [4.69, 9.17) is 4.74 Å². The zero-order valence-corrected chi connectivity index (χ0v) is 14.0. The number of nitrogens with one attached hydrogen (secondary N) is 2. The Bertz CT molecular complexity index is 463. The van der Waals surface area contributed by atoms with Crippen LogP contribution in [-0.4, -0.2) is 32.1 Å². The zero-order valence-electron chi connectivity index (χ0n) is 11.0. The lowest BCUT2D eigenvalue weighted by Gasteiger charge is -2.14. The van der Waals surface area contributed by atoms with Gasteiger partial charge in [-0.25, -0.2) is 0 Å². The van der Waals surface area contributed by atoms with Gasteiger partial charge in [0.15, 0.2) is 6.61 Å². The van der Waals surface area contributed by atoms with E-state index < -0.39 is 0 Å². The largest absolute Gasteiger partial charge is 0.484 e. The average molecular weight is 409 g/mol. The van der Waals surface area contributed by atoms with Crippen molar-refractivity contribution in [1.82, 2.24) is 10.6 Å². The van der Waals surface area contributed by atoms with Crippen LogP contribution in [0.4, 0.5) is 0 Å². The summed E-state index contributed by atoms with van der Waals surface area (Å²) in [5, 5.41) is 6.11. The predicted octanol–water partition coefficient (Wildman–Crippen LogP) is 2.13. The molecule has 0 atom stereocenters. The normalized spacial score (nSPS) is 13.9. The fourth-order valence-electron chi connectivity index (χ4n) is 1.77. The lowest BCUT2D eigenvalue weighted by Crippen LogP contribution is -2.32. The van der Waals surface area contributed by atoms with Crippen LogP contribution < -0.4 is 15.4 Å². The van der Waals surface area contributed by atoms with Crippen LogP contribution in [0.1, 0.15) is 6.42 Å². The molecular formula is C14H18ClIN2O2. The van der Waals surface area contributed by atoms with E-state index in [1.165, 1.54) is 5.57 Å². The van der Waals surface area contributed by atoms with Gasteiger partial charge in [0.25, 0.3) is 5.91 Å². The summed E-state index contributed by atoms with van der Waals surface area (Å²) in [7, 11) is 0. The summed E-state index contributed by atoms with van der Waals surface area (Å²) in [6, 6.07) is 7.63. The van der Waals surface area contributed by atoms with E-state index in [2.05, 4.69) is 39.3 Å². The van der Waals surface area contributed by atoms with Crippen LogP contribution in [0.3, 0.4) is 0 Å². The fraction of sp³-hybridized carbons (Fsp3) is 0.357. The summed E-state index contributed by atoms with van der Waals surface area (Å²) < 4.78 is 6.56. The quantitative estimate of drug-likeness (QED) is 0.580. The summed E-state index contributed by atoms with van der Waals surface area (Å²) in [5.74, 6) is 0.634. The lowest BCUT2D eigenvalue weighted by atomic mass is 10.1. The van der Waals surface area contributed by atoms with E-state index in [0.717, 1.165) is 28.8 Å². The molecule has 0 aromatic heterocycles. The smallest absolute Gasteiger partial charge is 0.258 e. The molecule has 2 N–H and O–H groups in total. The number of carbonyl (C=O) groups is 1. The van der Waals surface area contributed by atoms with Gasteiger partial charge in [-0.3, -0.25) is 4.79 Å². The Kier molecular flexibility index (Phi) is 7.94. The number of halogens is 2. The van der Waals surface area contributed by atoms with Crippen molar-refractivity contribution in [2.24, 2.45) is 0 Å². The second kappa shape index (κ2) is 9.20. The van der Waals surface area contributed by atoms with Crippen LogP contribution in [0.15, 0.2) is 35.9 Å². The first-order valence-corrected chi connectivity index (χ1v) is 7.35. The molecule has 0 fully saturated rings. The first kappa shape index (κ1) is 17.3. The molecule has 0 saturated heterocycles. The highest BCUT2D eigenvalue weighted by Crippen LogP contribution is 2.13. The number of rotatable bonds is 5. The third-order valence-corrected chi connectivity index (χ3v) is 3.57. The standard InChI is InChI=1S/C14H17IN2O2.ClH/c15-12-1-3-13(4-2-12)19-10-14(18)17-9-11-5-7-16-8-6-11;/h1-5,16H,6-10H2,(H,17,18);1H. The monoisotopic (exact) mass is 408 g/mol. The Balaban J connectivity index is 0.00000200. The highest BCUT2D eigenvalue weighted by molar-refractivity contribution is 14.1. The van der Waals surface area contributed by atoms with Crippen molar-refractivity contribution in [2.45, 2.75) is 6.42 Å². The molecule has 0 unspecified atom stereocenters. The van der Waals surface area contributed by atoms with Gasteiger partial charge in [0.2, 0.25) is 0 Å². The molecule has 2 rings (SSSR count). The molecule has 6 heteroatoms. The van der Waals surface area contributed by atoms with Crippen LogP contribution in [0, 0.1) is 3.57 Å². The maximum atomic E-state index is 11.6. The molecule has 0 saturated carbocycles.